The van der Waals surface area contributed by atoms with Crippen LogP contribution in [0.4, 0.5) is 0 Å². The Morgan fingerprint density at radius 3 is 3.00 bits per heavy atom. The fraction of sp³-hybridized carbons (Fsp3) is 0.278. The Hall–Kier alpha value is -3.09. The minimum absolute atomic E-state index is 0.126. The number of rotatable bonds is 3. The van der Waals surface area contributed by atoms with Gasteiger partial charge in [0.2, 0.25) is 5.76 Å². The molecule has 7 nitrogen and oxygen atoms in total. The van der Waals surface area contributed by atoms with Gasteiger partial charge in [0, 0.05) is 29.7 Å². The van der Waals surface area contributed by atoms with E-state index in [1.54, 1.807) is 25.4 Å². The number of nitrogens with zero attached hydrogens (tertiary/aromatic N) is 4. The zero-order chi connectivity index (χ0) is 17.2. The van der Waals surface area contributed by atoms with Crippen molar-refractivity contribution in [2.24, 2.45) is 0 Å². The summed E-state index contributed by atoms with van der Waals surface area (Å²) < 4.78 is 5.03. The van der Waals surface area contributed by atoms with Crippen LogP contribution in [0.2, 0.25) is 0 Å². The van der Waals surface area contributed by atoms with Crippen LogP contribution >= 0.6 is 0 Å². The second-order valence-corrected chi connectivity index (χ2v) is 6.06. The minimum Gasteiger partial charge on any atom is -0.351 e. The van der Waals surface area contributed by atoms with Crippen molar-refractivity contribution in [1.29, 1.82) is 0 Å². The highest BCUT2D eigenvalue weighted by atomic mass is 16.5. The predicted octanol–water partition coefficient (Wildman–Crippen LogP) is 2.64. The number of aromatic nitrogens is 4. The molecule has 1 amide bonds. The molecule has 7 heteroatoms. The van der Waals surface area contributed by atoms with Gasteiger partial charge in [-0.05, 0) is 38.3 Å². The molecule has 3 heterocycles. The third kappa shape index (κ3) is 3.13. The Morgan fingerprint density at radius 2 is 2.24 bits per heavy atom. The van der Waals surface area contributed by atoms with Gasteiger partial charge >= 0.3 is 0 Å². The lowest BCUT2D eigenvalue weighted by atomic mass is 9.92. The first-order valence-corrected chi connectivity index (χ1v) is 8.22. The molecule has 0 saturated carbocycles. The summed E-state index contributed by atoms with van der Waals surface area (Å²) in [6.45, 7) is 1.78. The highest BCUT2D eigenvalue weighted by Gasteiger charge is 2.25. The predicted molar refractivity (Wildman–Crippen MR) is 89.6 cm³/mol. The van der Waals surface area contributed by atoms with Gasteiger partial charge in [-0.15, -0.1) is 0 Å². The number of nitrogens with one attached hydrogen (secondary N) is 1. The monoisotopic (exact) mass is 335 g/mol. The van der Waals surface area contributed by atoms with E-state index in [-0.39, 0.29) is 17.7 Å². The number of carbonyl (C=O) groups excluding carboxylic acids is 1. The van der Waals surface area contributed by atoms with E-state index in [2.05, 4.69) is 25.4 Å². The van der Waals surface area contributed by atoms with Crippen molar-refractivity contribution in [1.82, 2.24) is 25.4 Å². The third-order valence-corrected chi connectivity index (χ3v) is 4.23. The fourth-order valence-electron chi connectivity index (χ4n) is 3.02. The molecule has 4 rings (SSSR count). The molecule has 0 radical (unpaired) electrons. The second kappa shape index (κ2) is 6.43. The maximum absolute atomic E-state index is 12.3. The molecule has 0 fully saturated rings. The molecule has 1 N–H and O–H groups in total. The van der Waals surface area contributed by atoms with Crippen LogP contribution in [0.1, 0.15) is 46.4 Å². The van der Waals surface area contributed by atoms with E-state index in [0.29, 0.717) is 11.5 Å². The standard InChI is InChI=1S/C18H17N5O2/c1-11-9-16(25-23-11)18(24)22-14-7-4-6-13-12(14)10-20-17(21-13)15-5-2-3-8-19-15/h2-3,5,8-10,14H,4,6-7H2,1H3,(H,22,24)/t14-/m0/s1. The third-order valence-electron chi connectivity index (χ3n) is 4.23. The van der Waals surface area contributed by atoms with E-state index in [9.17, 15) is 4.79 Å². The number of carbonyl (C=O) groups is 1. The Kier molecular flexibility index (Phi) is 3.97. The lowest BCUT2D eigenvalue weighted by Gasteiger charge is -2.25. The first-order chi connectivity index (χ1) is 12.2. The zero-order valence-corrected chi connectivity index (χ0v) is 13.8. The number of aryl methyl sites for hydroxylation is 2. The number of amides is 1. The summed E-state index contributed by atoms with van der Waals surface area (Å²) in [7, 11) is 0. The van der Waals surface area contributed by atoms with Gasteiger partial charge in [0.1, 0.15) is 5.69 Å². The Balaban J connectivity index is 1.59. The van der Waals surface area contributed by atoms with Crippen molar-refractivity contribution in [2.45, 2.75) is 32.2 Å². The molecule has 3 aromatic rings. The summed E-state index contributed by atoms with van der Waals surface area (Å²) in [5, 5.41) is 6.75. The van der Waals surface area contributed by atoms with Crippen LogP contribution in [0.25, 0.3) is 11.5 Å². The van der Waals surface area contributed by atoms with Gasteiger partial charge in [0.25, 0.3) is 5.91 Å². The van der Waals surface area contributed by atoms with Crippen molar-refractivity contribution in [2.75, 3.05) is 0 Å². The molecule has 0 spiro atoms. The molecule has 0 aromatic carbocycles. The van der Waals surface area contributed by atoms with Crippen molar-refractivity contribution in [3.8, 4) is 11.5 Å². The average Bonchev–Trinajstić information content (AvgIpc) is 3.09. The first-order valence-electron chi connectivity index (χ1n) is 8.22. The van der Waals surface area contributed by atoms with Crippen molar-refractivity contribution >= 4 is 5.91 Å². The molecule has 0 unspecified atom stereocenters. The number of fused-ring (bicyclic) bond motifs is 1. The highest BCUT2D eigenvalue weighted by Crippen LogP contribution is 2.29. The molecule has 126 valence electrons. The van der Waals surface area contributed by atoms with Crippen LogP contribution in [-0.4, -0.2) is 26.0 Å². The van der Waals surface area contributed by atoms with Crippen LogP contribution in [0.3, 0.4) is 0 Å². The summed E-state index contributed by atoms with van der Waals surface area (Å²) in [6.07, 6.45) is 6.18. The summed E-state index contributed by atoms with van der Waals surface area (Å²) >= 11 is 0. The first kappa shape index (κ1) is 15.4. The lowest BCUT2D eigenvalue weighted by Crippen LogP contribution is -2.31. The summed E-state index contributed by atoms with van der Waals surface area (Å²) in [4.78, 5) is 25.7. The quantitative estimate of drug-likeness (QED) is 0.791. The number of pyridine rings is 1. The van der Waals surface area contributed by atoms with Gasteiger partial charge in [0.05, 0.1) is 11.7 Å². The Labute approximate surface area is 144 Å². The number of hydrogen-bond acceptors (Lipinski definition) is 6. The average molecular weight is 335 g/mol. The summed E-state index contributed by atoms with van der Waals surface area (Å²) in [6, 6.07) is 7.15. The molecule has 1 aliphatic rings. The van der Waals surface area contributed by atoms with Crippen LogP contribution in [0.15, 0.2) is 41.2 Å². The topological polar surface area (TPSA) is 93.8 Å². The normalized spacial score (nSPS) is 16.3. The van der Waals surface area contributed by atoms with Gasteiger partial charge in [0.15, 0.2) is 5.82 Å². The second-order valence-electron chi connectivity index (χ2n) is 6.06. The highest BCUT2D eigenvalue weighted by molar-refractivity contribution is 5.91. The van der Waals surface area contributed by atoms with E-state index in [1.165, 1.54) is 0 Å². The largest absolute Gasteiger partial charge is 0.351 e. The molecular weight excluding hydrogens is 318 g/mol. The molecule has 0 bridgehead atoms. The van der Waals surface area contributed by atoms with Gasteiger partial charge in [-0.3, -0.25) is 9.78 Å². The van der Waals surface area contributed by atoms with E-state index >= 15 is 0 Å². The molecule has 1 atom stereocenters. The van der Waals surface area contributed by atoms with Crippen LogP contribution in [0, 0.1) is 6.92 Å². The van der Waals surface area contributed by atoms with Crippen molar-refractivity contribution < 1.29 is 9.32 Å². The lowest BCUT2D eigenvalue weighted by molar-refractivity contribution is 0.0895. The van der Waals surface area contributed by atoms with Gasteiger partial charge in [-0.2, -0.15) is 0 Å². The Bertz CT molecular complexity index is 907. The van der Waals surface area contributed by atoms with E-state index in [1.807, 2.05) is 18.2 Å². The minimum atomic E-state index is -0.271. The molecule has 0 aliphatic heterocycles. The smallest absolute Gasteiger partial charge is 0.290 e. The van der Waals surface area contributed by atoms with Crippen molar-refractivity contribution in [3.63, 3.8) is 0 Å². The maximum Gasteiger partial charge on any atom is 0.290 e. The summed E-state index contributed by atoms with van der Waals surface area (Å²) in [5.41, 5.74) is 3.34. The zero-order valence-electron chi connectivity index (χ0n) is 13.8. The molecule has 25 heavy (non-hydrogen) atoms. The molecule has 1 aliphatic carbocycles. The van der Waals surface area contributed by atoms with Gasteiger partial charge < -0.3 is 9.84 Å². The Morgan fingerprint density at radius 1 is 1.32 bits per heavy atom. The van der Waals surface area contributed by atoms with Crippen LogP contribution in [-0.2, 0) is 6.42 Å². The van der Waals surface area contributed by atoms with Crippen LogP contribution < -0.4 is 5.32 Å². The van der Waals surface area contributed by atoms with E-state index in [0.717, 1.165) is 36.2 Å². The van der Waals surface area contributed by atoms with E-state index in [4.69, 9.17) is 4.52 Å². The van der Waals surface area contributed by atoms with E-state index < -0.39 is 0 Å². The molecule has 0 saturated heterocycles. The summed E-state index contributed by atoms with van der Waals surface area (Å²) in [5.74, 6) is 0.556. The van der Waals surface area contributed by atoms with Gasteiger partial charge in [-0.25, -0.2) is 9.97 Å². The van der Waals surface area contributed by atoms with Crippen LogP contribution in [0.5, 0.6) is 0 Å². The molecule has 3 aromatic heterocycles. The SMILES string of the molecule is Cc1cc(C(=O)N[C@H]2CCCc3nc(-c4ccccn4)ncc32)on1. The van der Waals surface area contributed by atoms with Crippen molar-refractivity contribution in [3.05, 3.63) is 59.4 Å². The number of hydrogen-bond donors (Lipinski definition) is 1. The maximum atomic E-state index is 12.3. The van der Waals surface area contributed by atoms with Gasteiger partial charge in [-0.1, -0.05) is 11.2 Å². The molecular formula is C18H17N5O2. The fourth-order valence-corrected chi connectivity index (χ4v) is 3.02.